The van der Waals surface area contributed by atoms with Crippen molar-refractivity contribution in [1.82, 2.24) is 53.9 Å². The first-order chi connectivity index (χ1) is 28.0. The van der Waals surface area contributed by atoms with E-state index >= 15 is 0 Å². The second-order valence-corrected chi connectivity index (χ2v) is 14.3. The van der Waals surface area contributed by atoms with Crippen molar-refractivity contribution >= 4 is 56.8 Å². The molecule has 18 heteroatoms. The average molecular weight is 785 g/mol. The molecular formula is C40H44N14O4. The van der Waals surface area contributed by atoms with Crippen molar-refractivity contribution in [3.8, 4) is 17.3 Å². The van der Waals surface area contributed by atoms with E-state index in [0.29, 0.717) is 77.5 Å². The predicted molar refractivity (Wildman–Crippen MR) is 217 cm³/mol. The monoisotopic (exact) mass is 784 g/mol. The number of amides is 3. The van der Waals surface area contributed by atoms with Crippen molar-refractivity contribution in [3.63, 3.8) is 0 Å². The number of rotatable bonds is 15. The number of ether oxygens (including phenoxy) is 1. The van der Waals surface area contributed by atoms with E-state index in [2.05, 4.69) is 30.8 Å². The van der Waals surface area contributed by atoms with E-state index in [-0.39, 0.29) is 18.1 Å². The molecular weight excluding hydrogens is 741 g/mol. The maximum Gasteiger partial charge on any atom is 0.276 e. The van der Waals surface area contributed by atoms with E-state index in [9.17, 15) is 14.4 Å². The number of pyridine rings is 1. The maximum absolute atomic E-state index is 13.5. The number of carbonyl (C=O) groups is 3. The number of hydrogen-bond acceptors (Lipinski definition) is 11. The Morgan fingerprint density at radius 3 is 2.28 bits per heavy atom. The third kappa shape index (κ3) is 7.13. The molecule has 8 rings (SSSR count). The highest BCUT2D eigenvalue weighted by Gasteiger charge is 2.23. The fraction of sp³-hybridized carbons (Fsp3) is 0.325. The molecule has 58 heavy (non-hydrogen) atoms. The zero-order chi connectivity index (χ0) is 40.7. The number of aryl methyl sites for hydroxylation is 4. The Morgan fingerprint density at radius 1 is 0.845 bits per heavy atom. The highest BCUT2D eigenvalue weighted by atomic mass is 16.5. The Labute approximate surface area is 332 Å². The van der Waals surface area contributed by atoms with Crippen LogP contribution in [0.1, 0.15) is 62.9 Å². The predicted octanol–water partition coefficient (Wildman–Crippen LogP) is 3.74. The molecule has 0 bridgehead atoms. The summed E-state index contributed by atoms with van der Waals surface area (Å²) < 4.78 is 13.7. The van der Waals surface area contributed by atoms with Crippen molar-refractivity contribution in [1.29, 1.82) is 0 Å². The van der Waals surface area contributed by atoms with Gasteiger partial charge in [0.1, 0.15) is 28.3 Å². The van der Waals surface area contributed by atoms with Crippen molar-refractivity contribution in [2.45, 2.75) is 60.3 Å². The van der Waals surface area contributed by atoms with Crippen molar-refractivity contribution in [2.24, 2.45) is 17.4 Å². The molecule has 18 nitrogen and oxygen atoms in total. The number of aromatic nitrogens is 10. The molecule has 1 aliphatic heterocycles. The minimum absolute atomic E-state index is 0.192. The van der Waals surface area contributed by atoms with E-state index in [4.69, 9.17) is 26.2 Å². The number of fused-ring (bicyclic) bond motifs is 4. The molecule has 0 radical (unpaired) electrons. The molecule has 0 saturated carbocycles. The van der Waals surface area contributed by atoms with Gasteiger partial charge in [0, 0.05) is 54.9 Å². The van der Waals surface area contributed by atoms with Gasteiger partial charge in [-0.3, -0.25) is 33.6 Å². The molecule has 0 atom stereocenters. The second-order valence-electron chi connectivity index (χ2n) is 14.3. The summed E-state index contributed by atoms with van der Waals surface area (Å²) in [6, 6.07) is 8.66. The van der Waals surface area contributed by atoms with Gasteiger partial charge < -0.3 is 26.1 Å². The van der Waals surface area contributed by atoms with Gasteiger partial charge in [-0.05, 0) is 83.5 Å². The van der Waals surface area contributed by atoms with Crippen LogP contribution in [0.4, 0.5) is 5.95 Å². The number of allylic oxidation sites excluding steroid dienone is 2. The van der Waals surface area contributed by atoms with Crippen molar-refractivity contribution in [2.75, 3.05) is 25.0 Å². The number of hydrogen-bond donors (Lipinski definition) is 4. The molecule has 6 N–H and O–H groups in total. The Balaban J connectivity index is 1.19. The summed E-state index contributed by atoms with van der Waals surface area (Å²) in [5, 5.41) is 16.7. The van der Waals surface area contributed by atoms with Crippen LogP contribution in [-0.4, -0.2) is 86.0 Å². The first-order valence-electron chi connectivity index (χ1n) is 19.2. The third-order valence-electron chi connectivity index (χ3n) is 10.3. The molecule has 7 heterocycles. The molecule has 1 aromatic carbocycles. The van der Waals surface area contributed by atoms with E-state index < -0.39 is 17.7 Å². The summed E-state index contributed by atoms with van der Waals surface area (Å²) in [5.41, 5.74) is 16.8. The van der Waals surface area contributed by atoms with Crippen molar-refractivity contribution < 1.29 is 19.1 Å². The zero-order valence-corrected chi connectivity index (χ0v) is 32.7. The van der Waals surface area contributed by atoms with Gasteiger partial charge >= 0.3 is 0 Å². The van der Waals surface area contributed by atoms with E-state index in [0.717, 1.165) is 47.2 Å². The van der Waals surface area contributed by atoms with Crippen LogP contribution >= 0.6 is 0 Å². The summed E-state index contributed by atoms with van der Waals surface area (Å²) >= 11 is 0. The largest absolute Gasteiger partial charge is 0.491 e. The number of carbonyl (C=O) groups excluding carboxylic acids is 3. The van der Waals surface area contributed by atoms with Crippen LogP contribution in [0.3, 0.4) is 0 Å². The molecule has 7 aromatic rings. The number of anilines is 1. The lowest BCUT2D eigenvalue weighted by Gasteiger charge is -2.26. The lowest BCUT2D eigenvalue weighted by atomic mass is 10.0. The lowest BCUT2D eigenvalue weighted by molar-refractivity contribution is 0.0991. The third-order valence-corrected chi connectivity index (χ3v) is 10.3. The van der Waals surface area contributed by atoms with E-state index in [1.54, 1.807) is 39.7 Å². The smallest absolute Gasteiger partial charge is 0.276 e. The summed E-state index contributed by atoms with van der Waals surface area (Å²) in [6.07, 6.45) is 7.91. The van der Waals surface area contributed by atoms with Gasteiger partial charge in [0.25, 0.3) is 5.91 Å². The number of primary amides is 2. The molecule has 298 valence electrons. The number of nitrogens with two attached hydrogens (primary N) is 2. The SMILES string of the molecule is CCn1nc(C)cc1C(=O)Nc1nc2cc(C(N)=O)cnc2n1C/C=C/Cn1c2nc(-c3cc(C)nn3CC)ncc2c2cc(C(N)=O)cc(OCCC3CNC3)c21. The Morgan fingerprint density at radius 2 is 1.57 bits per heavy atom. The van der Waals surface area contributed by atoms with Gasteiger partial charge in [-0.25, -0.2) is 19.9 Å². The molecule has 1 fully saturated rings. The van der Waals surface area contributed by atoms with Crippen LogP contribution in [0.25, 0.3) is 44.6 Å². The normalized spacial score (nSPS) is 13.2. The Hall–Kier alpha value is -6.95. The van der Waals surface area contributed by atoms with Crippen LogP contribution in [0.5, 0.6) is 5.75 Å². The molecule has 6 aromatic heterocycles. The number of nitrogens with zero attached hydrogens (tertiary/aromatic N) is 10. The van der Waals surface area contributed by atoms with Gasteiger partial charge in [0.2, 0.25) is 17.8 Å². The minimum atomic E-state index is -0.643. The molecule has 0 spiro atoms. The quantitative estimate of drug-likeness (QED) is 0.109. The molecule has 1 aliphatic rings. The van der Waals surface area contributed by atoms with Gasteiger partial charge in [-0.15, -0.1) is 0 Å². The van der Waals surface area contributed by atoms with Crippen LogP contribution < -0.4 is 26.8 Å². The second kappa shape index (κ2) is 15.5. The lowest BCUT2D eigenvalue weighted by Crippen LogP contribution is -2.42. The first kappa shape index (κ1) is 37.9. The zero-order valence-electron chi connectivity index (χ0n) is 32.7. The van der Waals surface area contributed by atoms with Crippen molar-refractivity contribution in [3.05, 3.63) is 83.1 Å². The van der Waals surface area contributed by atoms with Crippen LogP contribution in [-0.2, 0) is 26.2 Å². The summed E-state index contributed by atoms with van der Waals surface area (Å²) in [6.45, 7) is 11.7. The van der Waals surface area contributed by atoms with Crippen LogP contribution in [0.2, 0.25) is 0 Å². The minimum Gasteiger partial charge on any atom is -0.491 e. The fourth-order valence-corrected chi connectivity index (χ4v) is 7.28. The highest BCUT2D eigenvalue weighted by Crippen LogP contribution is 2.37. The van der Waals surface area contributed by atoms with E-state index in [1.165, 1.54) is 6.20 Å². The van der Waals surface area contributed by atoms with Gasteiger partial charge in [0.15, 0.2) is 11.5 Å². The van der Waals surface area contributed by atoms with Crippen LogP contribution in [0.15, 0.2) is 54.9 Å². The van der Waals surface area contributed by atoms with Gasteiger partial charge in [-0.2, -0.15) is 10.2 Å². The number of nitrogens with one attached hydrogen (secondary N) is 2. The van der Waals surface area contributed by atoms with Crippen LogP contribution in [0, 0.1) is 19.8 Å². The van der Waals surface area contributed by atoms with Gasteiger partial charge in [0.05, 0.1) is 29.1 Å². The number of benzene rings is 1. The van der Waals surface area contributed by atoms with Gasteiger partial charge in [-0.1, -0.05) is 12.2 Å². The Bertz CT molecular complexity index is 2770. The summed E-state index contributed by atoms with van der Waals surface area (Å²) in [4.78, 5) is 57.1. The fourth-order valence-electron chi connectivity index (χ4n) is 7.28. The summed E-state index contributed by atoms with van der Waals surface area (Å²) in [7, 11) is 0. The summed E-state index contributed by atoms with van der Waals surface area (Å²) in [5.74, 6) is 0.163. The first-order valence-corrected chi connectivity index (χ1v) is 19.2. The molecule has 0 unspecified atom stereocenters. The average Bonchev–Trinajstić information content (AvgIpc) is 3.94. The topological polar surface area (TPSA) is 234 Å². The molecule has 1 saturated heterocycles. The van der Waals surface area contributed by atoms with E-state index in [1.807, 2.05) is 55.2 Å². The number of imidazole rings is 1. The Kier molecular flexibility index (Phi) is 10.2. The molecule has 0 aliphatic carbocycles. The standard InChI is InChI=1S/C40H44N14O4/c1-5-53-30(13-22(3)49-53)36-44-21-28-27-15-25(34(41)55)17-32(58-12-9-24-18-43-19-24)33(27)51(37(28)47-36)10-7-8-11-52-38-29(16-26(20-45-38)35(42)56)46-40(52)48-39(57)31-14-23(4)50-54(31)6-2/h7-8,13-17,20-21,24,43H,5-6,9-12,18-19H2,1-4H3,(H2,41,55)(H2,42,56)(H,46,48,57)/b8-7+. The maximum atomic E-state index is 13.5. The highest BCUT2D eigenvalue weighted by molar-refractivity contribution is 6.12. The molecule has 3 amide bonds.